The average Bonchev–Trinajstić information content (AvgIpc) is 2.84. The van der Waals surface area contributed by atoms with Crippen molar-refractivity contribution < 1.29 is 5.11 Å². The van der Waals surface area contributed by atoms with Crippen molar-refractivity contribution in [3.05, 3.63) is 12.2 Å². The summed E-state index contributed by atoms with van der Waals surface area (Å²) in [5.41, 5.74) is 2.01. The van der Waals surface area contributed by atoms with Gasteiger partial charge in [-0.05, 0) is 92.3 Å². The van der Waals surface area contributed by atoms with E-state index >= 15 is 0 Å². The van der Waals surface area contributed by atoms with E-state index in [1.165, 1.54) is 38.5 Å². The van der Waals surface area contributed by atoms with Gasteiger partial charge < -0.3 is 5.11 Å². The predicted molar refractivity (Wildman–Crippen MR) is 98.2 cm³/mol. The third-order valence-corrected chi connectivity index (χ3v) is 8.23. The Morgan fingerprint density at radius 1 is 1.04 bits per heavy atom. The smallest absolute Gasteiger partial charge is 0.0543 e. The summed E-state index contributed by atoms with van der Waals surface area (Å²) in [5, 5.41) is 10.0. The van der Waals surface area contributed by atoms with Crippen molar-refractivity contribution in [1.29, 1.82) is 0 Å². The molecule has 8 unspecified atom stereocenters. The van der Waals surface area contributed by atoms with Crippen molar-refractivity contribution in [3.63, 3.8) is 0 Å². The molecule has 0 aromatic rings. The summed E-state index contributed by atoms with van der Waals surface area (Å²) in [4.78, 5) is 0. The zero-order valence-electron chi connectivity index (χ0n) is 15.9. The maximum atomic E-state index is 10.0. The zero-order valence-corrected chi connectivity index (χ0v) is 15.9. The summed E-state index contributed by atoms with van der Waals surface area (Å²) in [6, 6.07) is 0. The number of aliphatic hydroxyl groups is 1. The third kappa shape index (κ3) is 2.71. The highest BCUT2D eigenvalue weighted by Crippen LogP contribution is 2.64. The molecule has 0 bridgehead atoms. The van der Waals surface area contributed by atoms with Gasteiger partial charge >= 0.3 is 0 Å². The van der Waals surface area contributed by atoms with Gasteiger partial charge in [-0.1, -0.05) is 39.8 Å². The van der Waals surface area contributed by atoms with Crippen molar-refractivity contribution in [3.8, 4) is 0 Å². The molecule has 4 fully saturated rings. The molecule has 4 rings (SSSR count). The van der Waals surface area contributed by atoms with Crippen LogP contribution in [0.1, 0.15) is 79.1 Å². The second-order valence-electron chi connectivity index (χ2n) is 9.05. The van der Waals surface area contributed by atoms with Crippen LogP contribution >= 0.6 is 0 Å². The Morgan fingerprint density at radius 3 is 2.52 bits per heavy atom. The lowest BCUT2D eigenvalue weighted by Crippen LogP contribution is -2.51. The highest BCUT2D eigenvalue weighted by atomic mass is 16.3. The monoisotopic (exact) mass is 318 g/mol. The van der Waals surface area contributed by atoms with Crippen LogP contribution in [0.25, 0.3) is 0 Å². The number of fused-ring (bicyclic) bond motifs is 5. The Kier molecular flexibility index (Phi) is 4.98. The Labute approximate surface area is 143 Å². The fourth-order valence-electron chi connectivity index (χ4n) is 7.18. The molecular weight excluding hydrogens is 280 g/mol. The van der Waals surface area contributed by atoms with Crippen LogP contribution < -0.4 is 0 Å². The highest BCUT2D eigenvalue weighted by molar-refractivity contribution is 5.21. The molecule has 0 saturated heterocycles. The molecule has 1 nitrogen and oxygen atoms in total. The quantitative estimate of drug-likeness (QED) is 0.557. The van der Waals surface area contributed by atoms with Gasteiger partial charge in [-0.25, -0.2) is 0 Å². The summed E-state index contributed by atoms with van der Waals surface area (Å²) in [7, 11) is 0. The van der Waals surface area contributed by atoms with Crippen LogP contribution in [-0.4, -0.2) is 11.2 Å². The number of allylic oxidation sites excluding steroid dienone is 1. The van der Waals surface area contributed by atoms with Gasteiger partial charge in [-0.3, -0.25) is 0 Å². The van der Waals surface area contributed by atoms with E-state index in [1.807, 2.05) is 13.8 Å². The maximum Gasteiger partial charge on any atom is 0.0543 e. The minimum absolute atomic E-state index is 0.00452. The van der Waals surface area contributed by atoms with Gasteiger partial charge in [0.25, 0.3) is 0 Å². The first-order valence-electron chi connectivity index (χ1n) is 10.4. The van der Waals surface area contributed by atoms with E-state index in [0.29, 0.717) is 5.41 Å². The van der Waals surface area contributed by atoms with E-state index in [0.717, 1.165) is 48.3 Å². The standard InChI is InChI=1S/C20H32O.C2H6/c1-12-10-14-11-15(21)5-6-16(14)17-8-9-20(3)13(2)4-7-18(20)19(12)17;1-2/h12,14-19,21H,2,4-11H2,1,3H3;1-2H3. The molecule has 4 saturated carbocycles. The van der Waals surface area contributed by atoms with Crippen LogP contribution in [0.15, 0.2) is 12.2 Å². The summed E-state index contributed by atoms with van der Waals surface area (Å²) in [6.45, 7) is 13.5. The van der Waals surface area contributed by atoms with Gasteiger partial charge in [0.1, 0.15) is 0 Å². The highest BCUT2D eigenvalue weighted by Gasteiger charge is 2.56. The van der Waals surface area contributed by atoms with Crippen molar-refractivity contribution >= 4 is 0 Å². The molecule has 1 heteroatoms. The molecule has 0 aliphatic heterocycles. The van der Waals surface area contributed by atoms with Crippen molar-refractivity contribution in [2.24, 2.45) is 40.9 Å². The van der Waals surface area contributed by atoms with Crippen molar-refractivity contribution in [2.45, 2.75) is 85.2 Å². The lowest BCUT2D eigenvalue weighted by molar-refractivity contribution is -0.0873. The first-order chi connectivity index (χ1) is 11.0. The van der Waals surface area contributed by atoms with E-state index in [1.54, 1.807) is 5.57 Å². The van der Waals surface area contributed by atoms with Crippen LogP contribution in [0.5, 0.6) is 0 Å². The van der Waals surface area contributed by atoms with Gasteiger partial charge in [0.2, 0.25) is 0 Å². The molecule has 0 aromatic carbocycles. The molecule has 8 atom stereocenters. The molecule has 4 aliphatic carbocycles. The second kappa shape index (κ2) is 6.54. The molecule has 0 spiro atoms. The lowest BCUT2D eigenvalue weighted by atomic mass is 9.48. The number of hydrogen-bond donors (Lipinski definition) is 1. The molecular formula is C22H38O. The summed E-state index contributed by atoms with van der Waals surface area (Å²) in [6.07, 6.45) is 10.3. The van der Waals surface area contributed by atoms with Gasteiger partial charge in [0.15, 0.2) is 0 Å². The average molecular weight is 319 g/mol. The summed E-state index contributed by atoms with van der Waals surface area (Å²) < 4.78 is 0. The van der Waals surface area contributed by atoms with Crippen LogP contribution in [0.4, 0.5) is 0 Å². The van der Waals surface area contributed by atoms with E-state index in [4.69, 9.17) is 0 Å². The van der Waals surface area contributed by atoms with Crippen molar-refractivity contribution in [2.75, 3.05) is 0 Å². The van der Waals surface area contributed by atoms with Crippen LogP contribution in [0, 0.1) is 40.9 Å². The zero-order chi connectivity index (χ0) is 16.8. The lowest BCUT2D eigenvalue weighted by Gasteiger charge is -2.57. The molecule has 1 N–H and O–H groups in total. The number of rotatable bonds is 0. The van der Waals surface area contributed by atoms with E-state index in [9.17, 15) is 5.11 Å². The Hall–Kier alpha value is -0.300. The van der Waals surface area contributed by atoms with Gasteiger partial charge in [-0.2, -0.15) is 0 Å². The predicted octanol–water partition coefficient (Wildman–Crippen LogP) is 5.83. The molecule has 132 valence electrons. The first kappa shape index (κ1) is 17.5. The molecule has 0 aromatic heterocycles. The minimum atomic E-state index is -0.00452. The first-order valence-corrected chi connectivity index (χ1v) is 10.4. The fraction of sp³-hybridized carbons (Fsp3) is 0.909. The van der Waals surface area contributed by atoms with E-state index < -0.39 is 0 Å². The summed E-state index contributed by atoms with van der Waals surface area (Å²) in [5.74, 6) is 5.41. The van der Waals surface area contributed by atoms with Crippen molar-refractivity contribution in [1.82, 2.24) is 0 Å². The third-order valence-electron chi connectivity index (χ3n) is 8.23. The molecule has 0 heterocycles. The second-order valence-corrected chi connectivity index (χ2v) is 9.05. The topological polar surface area (TPSA) is 20.2 Å². The largest absolute Gasteiger partial charge is 0.393 e. The van der Waals surface area contributed by atoms with E-state index in [-0.39, 0.29) is 6.10 Å². The maximum absolute atomic E-state index is 10.0. The van der Waals surface area contributed by atoms with E-state index in [2.05, 4.69) is 20.4 Å². The molecule has 0 amide bonds. The Bertz CT molecular complexity index is 441. The Morgan fingerprint density at radius 2 is 1.78 bits per heavy atom. The normalized spacial score (nSPS) is 51.9. The van der Waals surface area contributed by atoms with Gasteiger partial charge in [-0.15, -0.1) is 0 Å². The molecule has 4 aliphatic rings. The van der Waals surface area contributed by atoms with Gasteiger partial charge in [0.05, 0.1) is 6.10 Å². The number of aliphatic hydroxyl groups excluding tert-OH is 1. The number of hydrogen-bond acceptors (Lipinski definition) is 1. The van der Waals surface area contributed by atoms with Crippen LogP contribution in [-0.2, 0) is 0 Å². The van der Waals surface area contributed by atoms with Crippen LogP contribution in [0.3, 0.4) is 0 Å². The summed E-state index contributed by atoms with van der Waals surface area (Å²) >= 11 is 0. The van der Waals surface area contributed by atoms with Crippen LogP contribution in [0.2, 0.25) is 0 Å². The Balaban J connectivity index is 0.000000753. The minimum Gasteiger partial charge on any atom is -0.393 e. The molecule has 23 heavy (non-hydrogen) atoms. The molecule has 0 radical (unpaired) electrons. The SMILES string of the molecule is C=C1CCC2C3C(C)CC4CC(O)CCC4C3CCC12C.CC. The van der Waals surface area contributed by atoms with Gasteiger partial charge in [0, 0.05) is 0 Å². The fourth-order valence-corrected chi connectivity index (χ4v) is 7.18.